The summed E-state index contributed by atoms with van der Waals surface area (Å²) in [5, 5.41) is 16.9. The lowest BCUT2D eigenvalue weighted by Crippen LogP contribution is -2.05. The maximum atomic E-state index is 8.44. The minimum Gasteiger partial charge on any atom is -0.192 e. The molecule has 0 spiro atoms. The zero-order chi connectivity index (χ0) is 8.91. The Morgan fingerprint density at radius 3 is 2.09 bits per heavy atom. The second kappa shape index (κ2) is 3.78. The van der Waals surface area contributed by atoms with Crippen molar-refractivity contribution in [3.05, 3.63) is 11.6 Å². The first-order valence-electron chi connectivity index (χ1n) is 3.59. The first kappa shape index (κ1) is 9.72. The van der Waals surface area contributed by atoms with Gasteiger partial charge in [-0.3, -0.25) is 0 Å². The lowest BCUT2D eigenvalue weighted by atomic mass is 9.88. The van der Waals surface area contributed by atoms with E-state index in [0.717, 1.165) is 6.42 Å². The van der Waals surface area contributed by atoms with Crippen LogP contribution < -0.4 is 0 Å². The van der Waals surface area contributed by atoms with Crippen LogP contribution in [0.2, 0.25) is 0 Å². The number of allylic oxidation sites excluding steroid dienone is 2. The highest BCUT2D eigenvalue weighted by Crippen LogP contribution is 2.22. The zero-order valence-electron chi connectivity index (χ0n) is 7.18. The molecule has 0 bridgehead atoms. The summed E-state index contributed by atoms with van der Waals surface area (Å²) in [6, 6.07) is 3.68. The number of nitrogens with zero attached hydrogens (tertiary/aromatic N) is 2. The zero-order valence-corrected chi connectivity index (χ0v) is 7.18. The normalized spacial score (nSPS) is 9.55. The van der Waals surface area contributed by atoms with Crippen molar-refractivity contribution in [3.8, 4) is 12.1 Å². The largest absolute Gasteiger partial charge is 0.192 e. The van der Waals surface area contributed by atoms with E-state index in [1.165, 1.54) is 0 Å². The van der Waals surface area contributed by atoms with Crippen LogP contribution in [0.15, 0.2) is 11.6 Å². The van der Waals surface area contributed by atoms with Gasteiger partial charge in [-0.25, -0.2) is 0 Å². The molecule has 2 nitrogen and oxygen atoms in total. The lowest BCUT2D eigenvalue weighted by molar-refractivity contribution is 0.461. The van der Waals surface area contributed by atoms with Gasteiger partial charge in [0, 0.05) is 0 Å². The van der Waals surface area contributed by atoms with Crippen molar-refractivity contribution in [2.45, 2.75) is 27.2 Å². The van der Waals surface area contributed by atoms with Gasteiger partial charge in [0.2, 0.25) is 0 Å². The minimum atomic E-state index is -0.0409. The summed E-state index contributed by atoms with van der Waals surface area (Å²) in [6.45, 7) is 6.03. The Kier molecular flexibility index (Phi) is 3.34. The monoisotopic (exact) mass is 148 g/mol. The van der Waals surface area contributed by atoms with E-state index in [2.05, 4.69) is 0 Å². The number of rotatable bonds is 2. The first-order chi connectivity index (χ1) is 5.05. The minimum absolute atomic E-state index is 0.0409. The highest BCUT2D eigenvalue weighted by atomic mass is 14.3. The molecule has 11 heavy (non-hydrogen) atoms. The van der Waals surface area contributed by atoms with E-state index >= 15 is 0 Å². The average Bonchev–Trinajstić information content (AvgIpc) is 2.00. The molecule has 0 unspecified atom stereocenters. The van der Waals surface area contributed by atoms with Gasteiger partial charge in [-0.1, -0.05) is 26.8 Å². The standard InChI is InChI=1S/C9H12N2/c1-4-9(2,3)5-8(6-10)7-11/h5H,4H2,1-3H3. The summed E-state index contributed by atoms with van der Waals surface area (Å²) in [5.74, 6) is 0. The van der Waals surface area contributed by atoms with Crippen molar-refractivity contribution >= 4 is 0 Å². The van der Waals surface area contributed by atoms with Crippen molar-refractivity contribution < 1.29 is 0 Å². The van der Waals surface area contributed by atoms with E-state index in [1.54, 1.807) is 6.08 Å². The van der Waals surface area contributed by atoms with E-state index in [9.17, 15) is 0 Å². The van der Waals surface area contributed by atoms with Crippen LogP contribution >= 0.6 is 0 Å². The molecule has 0 N–H and O–H groups in total. The third kappa shape index (κ3) is 3.43. The van der Waals surface area contributed by atoms with Crippen molar-refractivity contribution in [1.29, 1.82) is 10.5 Å². The fourth-order valence-corrected chi connectivity index (χ4v) is 0.582. The van der Waals surface area contributed by atoms with Crippen LogP contribution in [0, 0.1) is 28.1 Å². The summed E-state index contributed by atoms with van der Waals surface area (Å²) in [7, 11) is 0. The van der Waals surface area contributed by atoms with E-state index in [4.69, 9.17) is 10.5 Å². The lowest BCUT2D eigenvalue weighted by Gasteiger charge is -2.16. The number of hydrogen-bond acceptors (Lipinski definition) is 2. The van der Waals surface area contributed by atoms with Gasteiger partial charge in [0.25, 0.3) is 0 Å². The van der Waals surface area contributed by atoms with Gasteiger partial charge < -0.3 is 0 Å². The maximum absolute atomic E-state index is 8.44. The number of hydrogen-bond donors (Lipinski definition) is 0. The molecule has 0 aromatic carbocycles. The van der Waals surface area contributed by atoms with Crippen LogP contribution in [-0.4, -0.2) is 0 Å². The predicted octanol–water partition coefficient (Wildman–Crippen LogP) is 2.40. The molecule has 0 saturated heterocycles. The molecule has 0 aliphatic rings. The molecule has 0 heterocycles. The summed E-state index contributed by atoms with van der Waals surface area (Å²) in [4.78, 5) is 0. The summed E-state index contributed by atoms with van der Waals surface area (Å²) in [6.07, 6.45) is 2.65. The topological polar surface area (TPSA) is 47.6 Å². The Bertz CT molecular complexity index is 219. The van der Waals surface area contributed by atoms with Crippen molar-refractivity contribution in [3.63, 3.8) is 0 Å². The summed E-state index contributed by atoms with van der Waals surface area (Å²) >= 11 is 0. The van der Waals surface area contributed by atoms with Crippen molar-refractivity contribution in [1.82, 2.24) is 0 Å². The Hall–Kier alpha value is -1.28. The van der Waals surface area contributed by atoms with Crippen LogP contribution in [0.1, 0.15) is 27.2 Å². The first-order valence-corrected chi connectivity index (χ1v) is 3.59. The summed E-state index contributed by atoms with van der Waals surface area (Å²) < 4.78 is 0. The van der Waals surface area contributed by atoms with E-state index in [1.807, 2.05) is 32.9 Å². The molecule has 0 fully saturated rings. The molecule has 0 aliphatic heterocycles. The van der Waals surface area contributed by atoms with Gasteiger partial charge in [-0.2, -0.15) is 10.5 Å². The number of nitriles is 2. The fourth-order valence-electron chi connectivity index (χ4n) is 0.582. The van der Waals surface area contributed by atoms with Gasteiger partial charge in [0.1, 0.15) is 17.7 Å². The quantitative estimate of drug-likeness (QED) is 0.564. The molecule has 0 saturated carbocycles. The average molecular weight is 148 g/mol. The van der Waals surface area contributed by atoms with Crippen LogP contribution in [0.25, 0.3) is 0 Å². The van der Waals surface area contributed by atoms with Gasteiger partial charge in [-0.05, 0) is 11.8 Å². The van der Waals surface area contributed by atoms with E-state index in [0.29, 0.717) is 0 Å². The van der Waals surface area contributed by atoms with Crippen molar-refractivity contribution in [2.75, 3.05) is 0 Å². The van der Waals surface area contributed by atoms with Crippen molar-refractivity contribution in [2.24, 2.45) is 5.41 Å². The molecular formula is C9H12N2. The molecule has 0 aromatic rings. The third-order valence-electron chi connectivity index (χ3n) is 1.69. The molecule has 0 aliphatic carbocycles. The van der Waals surface area contributed by atoms with Crippen LogP contribution in [0.4, 0.5) is 0 Å². The SMILES string of the molecule is CCC(C)(C)C=C(C#N)C#N. The van der Waals surface area contributed by atoms with Gasteiger partial charge >= 0.3 is 0 Å². The highest BCUT2D eigenvalue weighted by Gasteiger charge is 2.12. The molecule has 0 amide bonds. The van der Waals surface area contributed by atoms with Crippen LogP contribution in [-0.2, 0) is 0 Å². The maximum Gasteiger partial charge on any atom is 0.126 e. The second-order valence-electron chi connectivity index (χ2n) is 3.12. The Balaban J connectivity index is 4.57. The van der Waals surface area contributed by atoms with E-state index < -0.39 is 0 Å². The van der Waals surface area contributed by atoms with Gasteiger partial charge in [0.15, 0.2) is 0 Å². The molecule has 58 valence electrons. The molecular weight excluding hydrogens is 136 g/mol. The molecule has 0 aromatic heterocycles. The molecule has 0 radical (unpaired) electrons. The Morgan fingerprint density at radius 1 is 1.36 bits per heavy atom. The second-order valence-corrected chi connectivity index (χ2v) is 3.12. The Labute approximate surface area is 67.8 Å². The molecule has 0 rings (SSSR count). The molecule has 2 heteroatoms. The van der Waals surface area contributed by atoms with Gasteiger partial charge in [0.05, 0.1) is 0 Å². The molecule has 0 atom stereocenters. The third-order valence-corrected chi connectivity index (χ3v) is 1.69. The van der Waals surface area contributed by atoms with Gasteiger partial charge in [-0.15, -0.1) is 0 Å². The summed E-state index contributed by atoms with van der Waals surface area (Å²) in [5.41, 5.74) is 0.165. The predicted molar refractivity (Wildman–Crippen MR) is 43.4 cm³/mol. The highest BCUT2D eigenvalue weighted by molar-refractivity contribution is 5.36. The fraction of sp³-hybridized carbons (Fsp3) is 0.556. The Morgan fingerprint density at radius 2 is 1.82 bits per heavy atom. The smallest absolute Gasteiger partial charge is 0.126 e. The van der Waals surface area contributed by atoms with Crippen LogP contribution in [0.3, 0.4) is 0 Å². The van der Waals surface area contributed by atoms with E-state index in [-0.39, 0.29) is 11.0 Å². The van der Waals surface area contributed by atoms with Crippen LogP contribution in [0.5, 0.6) is 0 Å².